The van der Waals surface area contributed by atoms with Gasteiger partial charge in [0, 0.05) is 29.4 Å². The van der Waals surface area contributed by atoms with E-state index in [9.17, 15) is 19.8 Å². The number of carboxylic acid groups (broad SMARTS) is 1. The molecule has 0 aliphatic heterocycles. The molecule has 29 heavy (non-hydrogen) atoms. The van der Waals surface area contributed by atoms with Crippen LogP contribution < -0.4 is 10.2 Å². The maximum atomic E-state index is 12.6. The number of rotatable bonds is 5. The number of phenolic OH excluding ortho intramolecular Hbond substituents is 1. The molecule has 0 spiro atoms. The first kappa shape index (κ1) is 18.3. The van der Waals surface area contributed by atoms with Gasteiger partial charge >= 0.3 is 5.97 Å². The highest BCUT2D eigenvalue weighted by molar-refractivity contribution is 5.93. The fraction of sp³-hybridized carbons (Fsp3) is 0.0435. The summed E-state index contributed by atoms with van der Waals surface area (Å²) in [6.07, 6.45) is 1.27. The van der Waals surface area contributed by atoms with Gasteiger partial charge in [-0.15, -0.1) is 0 Å². The standard InChI is InChI=1S/C23H17NO5/c25-17-8-4-7-16(11-17)24-13-20(23(27)28)22(26)19-10-9-18(12-21(19)24)29-14-15-5-2-1-3-6-15/h1-13,25H,14H2,(H,27,28). The van der Waals surface area contributed by atoms with Gasteiger partial charge in [-0.2, -0.15) is 0 Å². The van der Waals surface area contributed by atoms with Crippen LogP contribution in [0.1, 0.15) is 15.9 Å². The Labute approximate surface area is 165 Å². The van der Waals surface area contributed by atoms with Crippen LogP contribution >= 0.6 is 0 Å². The van der Waals surface area contributed by atoms with Crippen LogP contribution in [0.2, 0.25) is 0 Å². The predicted octanol–water partition coefficient (Wildman–Crippen LogP) is 3.97. The minimum absolute atomic E-state index is 0.0303. The second kappa shape index (κ2) is 7.52. The van der Waals surface area contributed by atoms with Gasteiger partial charge in [-0.3, -0.25) is 4.79 Å². The van der Waals surface area contributed by atoms with Crippen molar-refractivity contribution < 1.29 is 19.7 Å². The minimum Gasteiger partial charge on any atom is -0.508 e. The monoisotopic (exact) mass is 387 g/mol. The number of fused-ring (bicyclic) bond motifs is 1. The van der Waals surface area contributed by atoms with E-state index in [1.54, 1.807) is 34.9 Å². The topological polar surface area (TPSA) is 88.8 Å². The van der Waals surface area contributed by atoms with Crippen molar-refractivity contribution in [1.82, 2.24) is 4.57 Å². The molecular formula is C23H17NO5. The van der Waals surface area contributed by atoms with Crippen LogP contribution in [0.3, 0.4) is 0 Å². The second-order valence-electron chi connectivity index (χ2n) is 6.52. The van der Waals surface area contributed by atoms with Crippen LogP contribution in [-0.2, 0) is 6.61 Å². The Kier molecular flexibility index (Phi) is 4.75. The van der Waals surface area contributed by atoms with E-state index in [-0.39, 0.29) is 16.7 Å². The molecule has 6 nitrogen and oxygen atoms in total. The SMILES string of the molecule is O=C(O)c1cn(-c2cccc(O)c2)c2cc(OCc3ccccc3)ccc2c1=O. The zero-order valence-electron chi connectivity index (χ0n) is 15.3. The predicted molar refractivity (Wildman–Crippen MR) is 109 cm³/mol. The first-order valence-corrected chi connectivity index (χ1v) is 8.92. The maximum absolute atomic E-state index is 12.6. The smallest absolute Gasteiger partial charge is 0.341 e. The zero-order valence-corrected chi connectivity index (χ0v) is 15.3. The molecule has 0 unspecified atom stereocenters. The van der Waals surface area contributed by atoms with E-state index in [4.69, 9.17) is 4.74 Å². The molecule has 0 aliphatic rings. The fourth-order valence-electron chi connectivity index (χ4n) is 3.14. The molecule has 1 aromatic heterocycles. The Morgan fingerprint density at radius 3 is 2.48 bits per heavy atom. The molecule has 3 aromatic carbocycles. The number of phenols is 1. The van der Waals surface area contributed by atoms with Gasteiger partial charge in [0.1, 0.15) is 23.7 Å². The summed E-state index contributed by atoms with van der Waals surface area (Å²) in [4.78, 5) is 24.2. The third kappa shape index (κ3) is 3.68. The van der Waals surface area contributed by atoms with E-state index >= 15 is 0 Å². The summed E-state index contributed by atoms with van der Waals surface area (Å²) in [6, 6.07) is 20.9. The number of carboxylic acids is 1. The fourth-order valence-corrected chi connectivity index (χ4v) is 3.14. The first-order chi connectivity index (χ1) is 14.0. The van der Waals surface area contributed by atoms with Crippen LogP contribution in [0, 0.1) is 0 Å². The van der Waals surface area contributed by atoms with E-state index in [0.29, 0.717) is 23.6 Å². The van der Waals surface area contributed by atoms with E-state index in [1.165, 1.54) is 18.3 Å². The largest absolute Gasteiger partial charge is 0.508 e. The quantitative estimate of drug-likeness (QED) is 0.541. The van der Waals surface area contributed by atoms with Gasteiger partial charge < -0.3 is 19.5 Å². The van der Waals surface area contributed by atoms with Crippen LogP contribution in [-0.4, -0.2) is 20.7 Å². The molecule has 0 fully saturated rings. The average Bonchev–Trinajstić information content (AvgIpc) is 2.73. The average molecular weight is 387 g/mol. The normalized spacial score (nSPS) is 10.8. The van der Waals surface area contributed by atoms with Crippen molar-refractivity contribution in [3.05, 3.63) is 100 Å². The summed E-state index contributed by atoms with van der Waals surface area (Å²) in [5, 5.41) is 19.5. The molecule has 0 saturated heterocycles. The molecule has 1 heterocycles. The van der Waals surface area contributed by atoms with E-state index in [0.717, 1.165) is 5.56 Å². The van der Waals surface area contributed by atoms with Crippen molar-refractivity contribution in [3.63, 3.8) is 0 Å². The highest BCUT2D eigenvalue weighted by atomic mass is 16.5. The van der Waals surface area contributed by atoms with Crippen molar-refractivity contribution in [2.75, 3.05) is 0 Å². The molecule has 0 saturated carbocycles. The summed E-state index contributed by atoms with van der Waals surface area (Å²) in [5.74, 6) is -0.740. The van der Waals surface area contributed by atoms with Gasteiger partial charge in [-0.25, -0.2) is 4.79 Å². The molecule has 6 heteroatoms. The van der Waals surface area contributed by atoms with Crippen LogP contribution in [0.4, 0.5) is 0 Å². The van der Waals surface area contributed by atoms with Gasteiger partial charge in [0.15, 0.2) is 0 Å². The van der Waals surface area contributed by atoms with Gasteiger partial charge in [0.2, 0.25) is 5.43 Å². The number of hydrogen-bond donors (Lipinski definition) is 2. The van der Waals surface area contributed by atoms with Gasteiger partial charge in [0.25, 0.3) is 0 Å². The first-order valence-electron chi connectivity index (χ1n) is 8.92. The Morgan fingerprint density at radius 1 is 0.966 bits per heavy atom. The maximum Gasteiger partial charge on any atom is 0.341 e. The third-order valence-corrected chi connectivity index (χ3v) is 4.56. The minimum atomic E-state index is -1.31. The van der Waals surface area contributed by atoms with Crippen LogP contribution in [0.5, 0.6) is 11.5 Å². The number of aromatic hydroxyl groups is 1. The van der Waals surface area contributed by atoms with Crippen molar-refractivity contribution >= 4 is 16.9 Å². The number of aromatic nitrogens is 1. The van der Waals surface area contributed by atoms with Crippen LogP contribution in [0.25, 0.3) is 16.6 Å². The Bertz CT molecular complexity index is 1260. The lowest BCUT2D eigenvalue weighted by Gasteiger charge is -2.14. The van der Waals surface area contributed by atoms with Gasteiger partial charge in [-0.05, 0) is 29.8 Å². The lowest BCUT2D eigenvalue weighted by Crippen LogP contribution is -2.18. The summed E-state index contributed by atoms with van der Waals surface area (Å²) in [7, 11) is 0. The number of benzene rings is 3. The third-order valence-electron chi connectivity index (χ3n) is 4.56. The summed E-state index contributed by atoms with van der Waals surface area (Å²) >= 11 is 0. The molecule has 0 bridgehead atoms. The molecular weight excluding hydrogens is 370 g/mol. The number of pyridine rings is 1. The molecule has 0 aliphatic carbocycles. The van der Waals surface area contributed by atoms with Gasteiger partial charge in [0.05, 0.1) is 5.52 Å². The lowest BCUT2D eigenvalue weighted by molar-refractivity contribution is 0.0695. The van der Waals surface area contributed by atoms with E-state index in [2.05, 4.69) is 0 Å². The molecule has 4 rings (SSSR count). The number of ether oxygens (including phenoxy) is 1. The van der Waals surface area contributed by atoms with E-state index in [1.807, 2.05) is 30.3 Å². The van der Waals surface area contributed by atoms with Crippen LogP contribution in [0.15, 0.2) is 83.8 Å². The van der Waals surface area contributed by atoms with E-state index < -0.39 is 11.4 Å². The Balaban J connectivity index is 1.85. The summed E-state index contributed by atoms with van der Waals surface area (Å²) in [5.41, 5.74) is 1.09. The number of carbonyl (C=O) groups is 1. The van der Waals surface area contributed by atoms with Crippen molar-refractivity contribution in [2.24, 2.45) is 0 Å². The highest BCUT2D eigenvalue weighted by Gasteiger charge is 2.16. The summed E-state index contributed by atoms with van der Waals surface area (Å²) < 4.78 is 7.42. The Morgan fingerprint density at radius 2 is 1.76 bits per heavy atom. The molecule has 0 radical (unpaired) electrons. The highest BCUT2D eigenvalue weighted by Crippen LogP contribution is 2.25. The van der Waals surface area contributed by atoms with Crippen molar-refractivity contribution in [3.8, 4) is 17.2 Å². The summed E-state index contributed by atoms with van der Waals surface area (Å²) in [6.45, 7) is 0.357. The second-order valence-corrected chi connectivity index (χ2v) is 6.52. The number of aromatic carboxylic acids is 1. The molecule has 4 aromatic rings. The molecule has 0 atom stereocenters. The van der Waals surface area contributed by atoms with Crippen molar-refractivity contribution in [2.45, 2.75) is 6.61 Å². The zero-order chi connectivity index (χ0) is 20.4. The van der Waals surface area contributed by atoms with Gasteiger partial charge in [-0.1, -0.05) is 36.4 Å². The lowest BCUT2D eigenvalue weighted by atomic mass is 10.1. The number of hydrogen-bond acceptors (Lipinski definition) is 4. The molecule has 2 N–H and O–H groups in total. The van der Waals surface area contributed by atoms with Crippen molar-refractivity contribution in [1.29, 1.82) is 0 Å². The Hall–Kier alpha value is -4.06. The molecule has 144 valence electrons. The molecule has 0 amide bonds. The number of nitrogens with zero attached hydrogens (tertiary/aromatic N) is 1.